The molecular formula is C50H55N3O9. The number of nitro groups is 1. The predicted molar refractivity (Wildman–Crippen MR) is 239 cm³/mol. The molecule has 1 fully saturated rings. The van der Waals surface area contributed by atoms with Gasteiger partial charge in [0.2, 0.25) is 11.7 Å². The van der Waals surface area contributed by atoms with E-state index in [0.717, 1.165) is 47.9 Å². The molecule has 12 nitrogen and oxygen atoms in total. The van der Waals surface area contributed by atoms with E-state index >= 15 is 0 Å². The molecule has 0 aromatic heterocycles. The molecule has 12 heteroatoms. The largest absolute Gasteiger partial charge is 0.459 e. The number of likely N-dealkylation sites (N-methyl/N-ethyl adjacent to an activating group) is 1. The van der Waals surface area contributed by atoms with Gasteiger partial charge in [-0.15, -0.1) is 6.58 Å². The summed E-state index contributed by atoms with van der Waals surface area (Å²) in [5.74, 6) is -0.343. The summed E-state index contributed by atoms with van der Waals surface area (Å²) < 4.78 is 20.7. The highest BCUT2D eigenvalue weighted by Gasteiger charge is 2.65. The van der Waals surface area contributed by atoms with E-state index in [4.69, 9.17) is 19.0 Å². The molecule has 1 saturated carbocycles. The molecule has 4 aromatic carbocycles. The van der Waals surface area contributed by atoms with Crippen LogP contribution in [-0.4, -0.2) is 77.5 Å². The van der Waals surface area contributed by atoms with Gasteiger partial charge in [-0.25, -0.2) is 0 Å². The average Bonchev–Trinajstić information content (AvgIpc) is 3.29. The van der Waals surface area contributed by atoms with Crippen molar-refractivity contribution in [2.24, 2.45) is 22.9 Å². The number of oxime groups is 1. The van der Waals surface area contributed by atoms with Crippen LogP contribution in [0.4, 0.5) is 5.69 Å². The zero-order chi connectivity index (χ0) is 43.6. The normalized spacial score (nSPS) is 23.1. The number of allylic oxidation sites excluding steroid dienone is 1. The van der Waals surface area contributed by atoms with Gasteiger partial charge < -0.3 is 34.2 Å². The first-order valence-electron chi connectivity index (χ1n) is 21.4. The molecule has 62 heavy (non-hydrogen) atoms. The van der Waals surface area contributed by atoms with Crippen molar-refractivity contribution in [1.82, 2.24) is 4.90 Å². The third-order valence-electron chi connectivity index (χ3n) is 12.4. The van der Waals surface area contributed by atoms with Crippen LogP contribution in [0, 0.1) is 27.9 Å². The first-order chi connectivity index (χ1) is 30.2. The van der Waals surface area contributed by atoms with Gasteiger partial charge in [-0.2, -0.15) is 0 Å². The van der Waals surface area contributed by atoms with E-state index in [0.29, 0.717) is 41.4 Å². The number of amides is 1. The minimum atomic E-state index is -1.41. The zero-order valence-corrected chi connectivity index (χ0v) is 35.3. The van der Waals surface area contributed by atoms with E-state index in [2.05, 4.69) is 36.0 Å². The molecule has 0 bridgehead atoms. The van der Waals surface area contributed by atoms with E-state index in [9.17, 15) is 25.1 Å². The van der Waals surface area contributed by atoms with Crippen molar-refractivity contribution in [2.75, 3.05) is 34.0 Å². The van der Waals surface area contributed by atoms with Crippen LogP contribution in [0.15, 0.2) is 133 Å². The molecule has 1 heterocycles. The van der Waals surface area contributed by atoms with E-state index < -0.39 is 22.7 Å². The van der Waals surface area contributed by atoms with E-state index in [-0.39, 0.29) is 55.6 Å². The fourth-order valence-electron chi connectivity index (χ4n) is 9.53. The Labute approximate surface area is 362 Å². The van der Waals surface area contributed by atoms with Crippen molar-refractivity contribution >= 4 is 23.4 Å². The first kappa shape index (κ1) is 44.0. The lowest BCUT2D eigenvalue weighted by atomic mass is 9.55. The summed E-state index contributed by atoms with van der Waals surface area (Å²) in [6.45, 7) is 4.30. The third kappa shape index (κ3) is 9.37. The summed E-state index contributed by atoms with van der Waals surface area (Å²) in [6, 6.07) is 29.4. The number of ether oxygens (including phenoxy) is 3. The molecule has 0 radical (unpaired) electrons. The number of nitrogens with zero attached hydrogens (tertiary/aromatic N) is 3. The molecule has 0 spiro atoms. The Morgan fingerprint density at radius 1 is 0.952 bits per heavy atom. The highest BCUT2D eigenvalue weighted by atomic mass is 16.7. The second-order valence-electron chi connectivity index (χ2n) is 16.1. The van der Waals surface area contributed by atoms with Crippen LogP contribution in [-0.2, 0) is 14.4 Å². The summed E-state index contributed by atoms with van der Waals surface area (Å²) >= 11 is 0. The Bertz CT molecular complexity index is 2280. The second-order valence-corrected chi connectivity index (χ2v) is 16.1. The lowest BCUT2D eigenvalue weighted by Gasteiger charge is -2.59. The fourth-order valence-corrected chi connectivity index (χ4v) is 9.53. The van der Waals surface area contributed by atoms with Crippen LogP contribution in [0.3, 0.4) is 0 Å². The molecule has 0 unspecified atom stereocenters. The average molecular weight is 842 g/mol. The van der Waals surface area contributed by atoms with Crippen LogP contribution < -0.4 is 9.47 Å². The number of aliphatic hydroxyl groups is 2. The van der Waals surface area contributed by atoms with Crippen molar-refractivity contribution in [3.8, 4) is 28.4 Å². The Kier molecular flexibility index (Phi) is 14.3. The van der Waals surface area contributed by atoms with Gasteiger partial charge in [0.05, 0.1) is 23.2 Å². The van der Waals surface area contributed by atoms with Crippen molar-refractivity contribution in [2.45, 2.75) is 62.7 Å². The highest BCUT2D eigenvalue weighted by Crippen LogP contribution is 2.62. The van der Waals surface area contributed by atoms with Gasteiger partial charge in [-0.3, -0.25) is 14.9 Å². The number of fused-ring (bicyclic) bond motifs is 2. The zero-order valence-electron chi connectivity index (χ0n) is 35.3. The van der Waals surface area contributed by atoms with Crippen LogP contribution >= 0.6 is 0 Å². The Morgan fingerprint density at radius 3 is 2.32 bits per heavy atom. The number of unbranched alkanes of at least 4 members (excludes halogenated alkanes) is 2. The molecule has 7 rings (SSSR count). The molecule has 2 N–H and O–H groups in total. The molecule has 3 aliphatic rings. The van der Waals surface area contributed by atoms with Crippen LogP contribution in [0.25, 0.3) is 17.2 Å². The molecule has 1 amide bonds. The molecule has 0 saturated heterocycles. The number of carbonyl (C=O) groups excluding carboxylic acids is 1. The van der Waals surface area contributed by atoms with Gasteiger partial charge in [0.25, 0.3) is 5.69 Å². The number of aliphatic hydroxyl groups excluding tert-OH is 2. The van der Waals surface area contributed by atoms with Gasteiger partial charge in [-0.05, 0) is 108 Å². The molecule has 6 atom stereocenters. The van der Waals surface area contributed by atoms with Gasteiger partial charge in [0.1, 0.15) is 30.4 Å². The third-order valence-corrected chi connectivity index (χ3v) is 12.4. The molecular weight excluding hydrogens is 787 g/mol. The Balaban J connectivity index is 1.33. The number of hydrogen-bond acceptors (Lipinski definition) is 10. The monoisotopic (exact) mass is 841 g/mol. The number of nitro benzene ring substituents is 1. The summed E-state index contributed by atoms with van der Waals surface area (Å²) in [7, 11) is 3.23. The molecule has 2 aliphatic carbocycles. The fraction of sp³-hybridized carbons (Fsp3) is 0.360. The summed E-state index contributed by atoms with van der Waals surface area (Å²) in [6.07, 6.45) is 11.9. The molecule has 324 valence electrons. The van der Waals surface area contributed by atoms with Crippen LogP contribution in [0.5, 0.6) is 17.2 Å². The minimum absolute atomic E-state index is 0.0406. The molecule has 1 aliphatic heterocycles. The van der Waals surface area contributed by atoms with E-state index in [1.165, 1.54) is 25.3 Å². The van der Waals surface area contributed by atoms with E-state index in [1.807, 2.05) is 54.6 Å². The van der Waals surface area contributed by atoms with Gasteiger partial charge in [0, 0.05) is 56.4 Å². The maximum atomic E-state index is 14.2. The number of carbonyl (C=O) groups is 1. The topological polar surface area (TPSA) is 153 Å². The smallest absolute Gasteiger partial charge is 0.269 e. The van der Waals surface area contributed by atoms with Crippen molar-refractivity contribution < 1.29 is 39.0 Å². The van der Waals surface area contributed by atoms with Crippen LogP contribution in [0.2, 0.25) is 0 Å². The maximum absolute atomic E-state index is 14.2. The lowest BCUT2D eigenvalue weighted by molar-refractivity contribution is -0.384. The van der Waals surface area contributed by atoms with Gasteiger partial charge in [0.15, 0.2) is 0 Å². The SMILES string of the molecule is C=CCO[C@@]12Oc3ccc(Oc4ccc(-c5ccccc5)cc4)cc3[C@H]3[C@H](CCCCO)[C@@H](CCCCO)C=C(C(=NOC)C[C@@H]1N(C)C(=O)C=Cc1ccc([N+](=O)[O-])cc1)[C@H]32. The Hall–Kier alpha value is -6.08. The standard InChI is InChI=1S/C50H55N3O9/c1-4-30-60-50-46(52(2)47(56)27-18-34-16-21-38(22-17-34)53(57)58)33-44(51-59-3)42-31-37(14-8-10-28-54)41(15-9-11-29-55)48(49(42)50)43-32-40(25-26-45(43)62-50)61-39-23-19-36(20-24-39)35-12-6-5-7-13-35/h4-7,12-13,16-27,31-32,37,41,46,48-49,54-55H,1,8-11,14-15,28-30,33H2,2-3H3/t37-,41+,46-,48+,49+,50+/m0/s1. The lowest BCUT2D eigenvalue weighted by Crippen LogP contribution is -2.69. The minimum Gasteiger partial charge on any atom is -0.459 e. The van der Waals surface area contributed by atoms with Gasteiger partial charge in [-0.1, -0.05) is 72.6 Å². The quantitative estimate of drug-likeness (QED) is 0.0309. The van der Waals surface area contributed by atoms with Crippen molar-refractivity contribution in [3.63, 3.8) is 0 Å². The van der Waals surface area contributed by atoms with Crippen molar-refractivity contribution in [3.05, 3.63) is 149 Å². The predicted octanol–water partition coefficient (Wildman–Crippen LogP) is 9.49. The maximum Gasteiger partial charge on any atom is 0.269 e. The number of non-ortho nitro benzene ring substituents is 1. The van der Waals surface area contributed by atoms with Crippen LogP contribution in [0.1, 0.15) is 62.0 Å². The summed E-state index contributed by atoms with van der Waals surface area (Å²) in [4.78, 5) is 32.2. The number of benzene rings is 4. The summed E-state index contributed by atoms with van der Waals surface area (Å²) in [5.41, 5.74) is 5.35. The highest BCUT2D eigenvalue weighted by molar-refractivity contribution is 6.03. The van der Waals surface area contributed by atoms with Gasteiger partial charge >= 0.3 is 0 Å². The van der Waals surface area contributed by atoms with E-state index in [1.54, 1.807) is 36.2 Å². The second kappa shape index (κ2) is 20.2. The van der Waals surface area contributed by atoms with Crippen molar-refractivity contribution in [1.29, 1.82) is 0 Å². The number of hydrogen-bond donors (Lipinski definition) is 2. The number of rotatable bonds is 19. The molecule has 4 aromatic rings. The first-order valence-corrected chi connectivity index (χ1v) is 21.4. The summed E-state index contributed by atoms with van der Waals surface area (Å²) in [5, 5.41) is 35.6. The Morgan fingerprint density at radius 2 is 1.65 bits per heavy atom.